The third-order valence-electron chi connectivity index (χ3n) is 5.47. The fraction of sp³-hybridized carbons (Fsp3) is 0.346. The lowest BCUT2D eigenvalue weighted by atomic mass is 10.1. The van der Waals surface area contributed by atoms with E-state index in [-0.39, 0.29) is 35.2 Å². The summed E-state index contributed by atoms with van der Waals surface area (Å²) in [5.74, 6) is 1.18. The number of allylic oxidation sites excluding steroid dienone is 1. The second kappa shape index (κ2) is 12.7. The van der Waals surface area contributed by atoms with Crippen LogP contribution in [0.2, 0.25) is 0 Å². The van der Waals surface area contributed by atoms with Crippen molar-refractivity contribution in [3.63, 3.8) is 0 Å². The van der Waals surface area contributed by atoms with Gasteiger partial charge in [-0.25, -0.2) is 9.97 Å². The first kappa shape index (κ1) is 29.6. The van der Waals surface area contributed by atoms with Crippen molar-refractivity contribution in [3.8, 4) is 17.2 Å². The van der Waals surface area contributed by atoms with E-state index in [2.05, 4.69) is 32.2 Å². The normalized spacial score (nSPS) is 14.0. The van der Waals surface area contributed by atoms with E-state index < -0.39 is 24.1 Å². The third kappa shape index (κ3) is 7.13. The van der Waals surface area contributed by atoms with E-state index in [0.29, 0.717) is 29.2 Å². The molecule has 0 spiro atoms. The van der Waals surface area contributed by atoms with Gasteiger partial charge < -0.3 is 30.0 Å². The van der Waals surface area contributed by atoms with Gasteiger partial charge in [0.05, 0.1) is 20.3 Å². The highest BCUT2D eigenvalue weighted by Crippen LogP contribution is 2.37. The van der Waals surface area contributed by atoms with E-state index in [9.17, 15) is 18.3 Å². The Balaban J connectivity index is 1.84. The zero-order valence-corrected chi connectivity index (χ0v) is 22.0. The fourth-order valence-corrected chi connectivity index (χ4v) is 3.66. The molecule has 0 saturated carbocycles. The number of nitrogens with one attached hydrogen (secondary N) is 2. The number of alkyl halides is 3. The maximum atomic E-state index is 13.3. The summed E-state index contributed by atoms with van der Waals surface area (Å²) in [6.07, 6.45) is -2.42. The SMILES string of the molecule is C=C(/N=C(\C=C/C)OC)NCCNC(O)c1nc(-c2ccc(OC)c3nc(C(F)(F)F)ccc23)oc1[C@H](C)N. The van der Waals surface area contributed by atoms with E-state index >= 15 is 0 Å². The number of ether oxygens (including phenoxy) is 2. The first-order valence-electron chi connectivity index (χ1n) is 11.9. The molecule has 2 aromatic heterocycles. The van der Waals surface area contributed by atoms with Crippen LogP contribution in [0.1, 0.15) is 43.3 Å². The van der Waals surface area contributed by atoms with Crippen LogP contribution >= 0.6 is 0 Å². The van der Waals surface area contributed by atoms with E-state index in [0.717, 1.165) is 6.07 Å². The van der Waals surface area contributed by atoms with Crippen molar-refractivity contribution in [1.29, 1.82) is 0 Å². The van der Waals surface area contributed by atoms with Gasteiger partial charge >= 0.3 is 6.18 Å². The Morgan fingerprint density at radius 2 is 1.97 bits per heavy atom. The molecule has 0 aliphatic heterocycles. The Kier molecular flexibility index (Phi) is 9.67. The quantitative estimate of drug-likeness (QED) is 0.120. The molecule has 0 fully saturated rings. The highest BCUT2D eigenvalue weighted by atomic mass is 19.4. The summed E-state index contributed by atoms with van der Waals surface area (Å²) in [6.45, 7) is 7.95. The summed E-state index contributed by atoms with van der Waals surface area (Å²) in [4.78, 5) is 12.4. The van der Waals surface area contributed by atoms with Crippen LogP contribution in [-0.2, 0) is 10.9 Å². The Morgan fingerprint density at radius 1 is 1.23 bits per heavy atom. The van der Waals surface area contributed by atoms with Crippen molar-refractivity contribution in [1.82, 2.24) is 20.6 Å². The average Bonchev–Trinajstić information content (AvgIpc) is 3.35. The molecule has 0 aliphatic carbocycles. The Hall–Kier alpha value is -3.94. The summed E-state index contributed by atoms with van der Waals surface area (Å²) < 4.78 is 56.1. The molecule has 0 amide bonds. The van der Waals surface area contributed by atoms with E-state index in [1.54, 1.807) is 25.1 Å². The molecule has 0 bridgehead atoms. The summed E-state index contributed by atoms with van der Waals surface area (Å²) in [6, 6.07) is 4.58. The minimum Gasteiger partial charge on any atom is -0.494 e. The molecule has 2 atom stereocenters. The summed E-state index contributed by atoms with van der Waals surface area (Å²) >= 11 is 0. The van der Waals surface area contributed by atoms with E-state index in [4.69, 9.17) is 19.6 Å². The molecule has 3 rings (SSSR count). The van der Waals surface area contributed by atoms with Crippen LogP contribution in [0.4, 0.5) is 13.2 Å². The molecule has 2 heterocycles. The van der Waals surface area contributed by atoms with Gasteiger partial charge in [0.15, 0.2) is 6.23 Å². The topological polar surface area (TPSA) is 140 Å². The lowest BCUT2D eigenvalue weighted by Crippen LogP contribution is -2.30. The lowest BCUT2D eigenvalue weighted by molar-refractivity contribution is -0.140. The second-order valence-electron chi connectivity index (χ2n) is 8.35. The summed E-state index contributed by atoms with van der Waals surface area (Å²) in [7, 11) is 2.84. The van der Waals surface area contributed by atoms with Crippen LogP contribution in [0.15, 0.2) is 58.2 Å². The number of halogens is 3. The van der Waals surface area contributed by atoms with Gasteiger partial charge in [-0.05, 0) is 44.2 Å². The van der Waals surface area contributed by atoms with Crippen LogP contribution in [-0.4, -0.2) is 48.3 Å². The Morgan fingerprint density at radius 3 is 2.59 bits per heavy atom. The number of benzene rings is 1. The highest BCUT2D eigenvalue weighted by molar-refractivity contribution is 5.96. The van der Waals surface area contributed by atoms with Gasteiger partial charge in [0, 0.05) is 24.0 Å². The number of nitrogens with two attached hydrogens (primary N) is 1. The maximum absolute atomic E-state index is 13.3. The number of methoxy groups -OCH3 is 2. The van der Waals surface area contributed by atoms with E-state index in [1.165, 1.54) is 26.4 Å². The second-order valence-corrected chi connectivity index (χ2v) is 8.35. The first-order valence-corrected chi connectivity index (χ1v) is 11.9. The largest absolute Gasteiger partial charge is 0.494 e. The molecule has 0 aliphatic rings. The molecular weight excluding hydrogens is 517 g/mol. The maximum Gasteiger partial charge on any atom is 0.433 e. The molecule has 210 valence electrons. The number of rotatable bonds is 11. The molecule has 0 radical (unpaired) electrons. The van der Waals surface area contributed by atoms with Crippen LogP contribution in [0.25, 0.3) is 22.4 Å². The van der Waals surface area contributed by atoms with Crippen molar-refractivity contribution in [3.05, 3.63) is 66.0 Å². The van der Waals surface area contributed by atoms with Gasteiger partial charge in [0.1, 0.15) is 34.2 Å². The molecular formula is C26H31F3N6O4. The first-order chi connectivity index (χ1) is 18.5. The highest BCUT2D eigenvalue weighted by Gasteiger charge is 2.33. The monoisotopic (exact) mass is 548 g/mol. The summed E-state index contributed by atoms with van der Waals surface area (Å²) in [5.41, 5.74) is 5.50. The van der Waals surface area contributed by atoms with Crippen molar-refractivity contribution < 1.29 is 32.2 Å². The van der Waals surface area contributed by atoms with Crippen LogP contribution in [0.5, 0.6) is 5.75 Å². The molecule has 5 N–H and O–H groups in total. The predicted molar refractivity (Wildman–Crippen MR) is 141 cm³/mol. The van der Waals surface area contributed by atoms with Gasteiger partial charge in [0.25, 0.3) is 0 Å². The fourth-order valence-electron chi connectivity index (χ4n) is 3.66. The number of hydrogen-bond acceptors (Lipinski definition) is 10. The number of fused-ring (bicyclic) bond motifs is 1. The lowest BCUT2D eigenvalue weighted by Gasteiger charge is -2.13. The number of aromatic nitrogens is 2. The number of pyridine rings is 1. The standard InChI is InChI=1S/C26H31F3N6O4/c1-6-7-20(38-5)33-15(3)31-12-13-32-24(36)22-23(14(2)30)39-25(35-22)17-8-10-18(37-4)21-16(17)9-11-19(34-21)26(27,28)29/h6-11,14,24,31-32,36H,3,12-13,30H2,1-2,4-5H3/b7-6-,33-20+/t14-,24?/m0/s1. The average molecular weight is 549 g/mol. The number of oxazole rings is 1. The zero-order chi connectivity index (χ0) is 28.7. The minimum absolute atomic E-state index is 0.00869. The molecule has 10 nitrogen and oxygen atoms in total. The molecule has 3 aromatic rings. The number of hydrogen-bond donors (Lipinski definition) is 4. The Bertz CT molecular complexity index is 1370. The predicted octanol–water partition coefficient (Wildman–Crippen LogP) is 4.20. The zero-order valence-electron chi connectivity index (χ0n) is 22.0. The van der Waals surface area contributed by atoms with E-state index in [1.807, 2.05) is 6.92 Å². The van der Waals surface area contributed by atoms with Crippen molar-refractivity contribution in [2.45, 2.75) is 32.3 Å². The number of aliphatic hydroxyl groups is 1. The molecule has 1 unspecified atom stereocenters. The smallest absolute Gasteiger partial charge is 0.433 e. The van der Waals surface area contributed by atoms with Crippen molar-refractivity contribution in [2.24, 2.45) is 10.7 Å². The molecule has 13 heteroatoms. The molecule has 0 saturated heterocycles. The Labute approximate surface area is 223 Å². The third-order valence-corrected chi connectivity index (χ3v) is 5.47. The number of aliphatic hydroxyl groups excluding tert-OH is 1. The van der Waals surface area contributed by atoms with Crippen LogP contribution in [0.3, 0.4) is 0 Å². The number of nitrogens with zero attached hydrogens (tertiary/aromatic N) is 3. The van der Waals surface area contributed by atoms with Gasteiger partial charge in [-0.3, -0.25) is 5.32 Å². The number of aliphatic imine (C=N–C) groups is 1. The van der Waals surface area contributed by atoms with Crippen LogP contribution < -0.4 is 21.1 Å². The molecule has 1 aromatic carbocycles. The van der Waals surface area contributed by atoms with Gasteiger partial charge in [-0.15, -0.1) is 0 Å². The summed E-state index contributed by atoms with van der Waals surface area (Å²) in [5, 5.41) is 17.0. The van der Waals surface area contributed by atoms with Gasteiger partial charge in [-0.2, -0.15) is 18.2 Å². The van der Waals surface area contributed by atoms with Crippen LogP contribution in [0, 0.1) is 0 Å². The van der Waals surface area contributed by atoms with Crippen molar-refractivity contribution >= 4 is 16.8 Å². The minimum atomic E-state index is -4.63. The molecule has 39 heavy (non-hydrogen) atoms. The van der Waals surface area contributed by atoms with Gasteiger partial charge in [0.2, 0.25) is 11.8 Å². The van der Waals surface area contributed by atoms with Gasteiger partial charge in [-0.1, -0.05) is 12.7 Å². The van der Waals surface area contributed by atoms with Crippen molar-refractivity contribution in [2.75, 3.05) is 27.3 Å².